The molecular formula is C19H17F2NO4. The first-order valence-corrected chi connectivity index (χ1v) is 8.04. The number of carboxylic acid groups (broad SMARTS) is 1. The summed E-state index contributed by atoms with van der Waals surface area (Å²) in [6.45, 7) is 0.165. The highest BCUT2D eigenvalue weighted by atomic mass is 19.1. The third-order valence-electron chi connectivity index (χ3n) is 4.46. The maximum absolute atomic E-state index is 13.8. The van der Waals surface area contributed by atoms with E-state index >= 15 is 0 Å². The van der Waals surface area contributed by atoms with Gasteiger partial charge in [0.25, 0.3) is 0 Å². The molecule has 0 aromatic heterocycles. The fourth-order valence-corrected chi connectivity index (χ4v) is 3.01. The summed E-state index contributed by atoms with van der Waals surface area (Å²) in [5.74, 6) is -3.41. The van der Waals surface area contributed by atoms with Gasteiger partial charge in [-0.3, -0.25) is 4.79 Å². The van der Waals surface area contributed by atoms with Crippen LogP contribution in [0.25, 0.3) is 0 Å². The summed E-state index contributed by atoms with van der Waals surface area (Å²) in [6.07, 6.45) is 0.394. The van der Waals surface area contributed by atoms with E-state index in [9.17, 15) is 18.4 Å². The van der Waals surface area contributed by atoms with Gasteiger partial charge in [-0.15, -0.1) is 0 Å². The maximum Gasteiger partial charge on any atom is 0.339 e. The fraction of sp³-hybridized carbons (Fsp3) is 0.263. The highest BCUT2D eigenvalue weighted by Gasteiger charge is 2.46. The lowest BCUT2D eigenvalue weighted by Crippen LogP contribution is -2.25. The molecule has 26 heavy (non-hydrogen) atoms. The Morgan fingerprint density at radius 3 is 2.54 bits per heavy atom. The van der Waals surface area contributed by atoms with Gasteiger partial charge in [0.2, 0.25) is 5.91 Å². The molecule has 2 N–H and O–H groups in total. The van der Waals surface area contributed by atoms with Gasteiger partial charge in [0, 0.05) is 23.9 Å². The smallest absolute Gasteiger partial charge is 0.339 e. The van der Waals surface area contributed by atoms with Crippen molar-refractivity contribution in [2.24, 2.45) is 5.92 Å². The SMILES string of the molecule is COc1cc(CNC(=O)[C@H]2C[C@H]2c2c(F)cccc2F)ccc1C(=O)O. The van der Waals surface area contributed by atoms with E-state index in [2.05, 4.69) is 5.32 Å². The van der Waals surface area contributed by atoms with Crippen LogP contribution in [0.4, 0.5) is 8.78 Å². The molecule has 2 aromatic carbocycles. The number of carboxylic acids is 1. The number of aromatic carboxylic acids is 1. The van der Waals surface area contributed by atoms with Gasteiger partial charge in [-0.25, -0.2) is 13.6 Å². The number of rotatable bonds is 6. The Morgan fingerprint density at radius 2 is 1.92 bits per heavy atom. The van der Waals surface area contributed by atoms with E-state index in [4.69, 9.17) is 9.84 Å². The average molecular weight is 361 g/mol. The third-order valence-corrected chi connectivity index (χ3v) is 4.46. The van der Waals surface area contributed by atoms with Crippen LogP contribution in [0, 0.1) is 17.6 Å². The van der Waals surface area contributed by atoms with Crippen LogP contribution in [0.15, 0.2) is 36.4 Å². The van der Waals surface area contributed by atoms with Crippen LogP contribution in [-0.2, 0) is 11.3 Å². The Morgan fingerprint density at radius 1 is 1.23 bits per heavy atom. The fourth-order valence-electron chi connectivity index (χ4n) is 3.01. The highest BCUT2D eigenvalue weighted by Crippen LogP contribution is 2.49. The van der Waals surface area contributed by atoms with Crippen LogP contribution >= 0.6 is 0 Å². The third kappa shape index (κ3) is 3.51. The van der Waals surface area contributed by atoms with E-state index in [1.807, 2.05) is 0 Å². The normalized spacial score (nSPS) is 18.3. The second-order valence-corrected chi connectivity index (χ2v) is 6.14. The van der Waals surface area contributed by atoms with Crippen molar-refractivity contribution in [2.75, 3.05) is 7.11 Å². The standard InChI is InChI=1S/C19H17F2NO4/c1-26-16-7-10(5-6-11(16)19(24)25)9-22-18(23)13-8-12(13)17-14(20)3-2-4-15(17)21/h2-7,12-13H,8-9H2,1H3,(H,22,23)(H,24,25)/t12-,13+/m1/s1. The molecule has 136 valence electrons. The number of nitrogens with one attached hydrogen (secondary N) is 1. The van der Waals surface area contributed by atoms with Gasteiger partial charge >= 0.3 is 5.97 Å². The number of hydrogen-bond acceptors (Lipinski definition) is 3. The van der Waals surface area contributed by atoms with Gasteiger partial charge < -0.3 is 15.2 Å². The Balaban J connectivity index is 1.63. The minimum absolute atomic E-state index is 0.0276. The Bertz CT molecular complexity index is 848. The summed E-state index contributed by atoms with van der Waals surface area (Å²) in [4.78, 5) is 23.3. The predicted molar refractivity (Wildman–Crippen MR) is 89.0 cm³/mol. The van der Waals surface area contributed by atoms with Crippen LogP contribution in [0.2, 0.25) is 0 Å². The summed E-state index contributed by atoms with van der Waals surface area (Å²) in [5.41, 5.74) is 0.648. The maximum atomic E-state index is 13.8. The molecule has 1 fully saturated rings. The second-order valence-electron chi connectivity index (χ2n) is 6.14. The molecule has 0 unspecified atom stereocenters. The molecule has 0 saturated heterocycles. The summed E-state index contributed by atoms with van der Waals surface area (Å²) in [6, 6.07) is 8.17. The van der Waals surface area contributed by atoms with Crippen molar-refractivity contribution in [1.82, 2.24) is 5.32 Å². The molecule has 1 aliphatic carbocycles. The first-order chi connectivity index (χ1) is 12.4. The molecule has 1 saturated carbocycles. The Labute approximate surface area is 148 Å². The minimum atomic E-state index is -1.11. The van der Waals surface area contributed by atoms with Crippen molar-refractivity contribution >= 4 is 11.9 Å². The van der Waals surface area contributed by atoms with Crippen LogP contribution in [0.1, 0.15) is 33.8 Å². The highest BCUT2D eigenvalue weighted by molar-refractivity contribution is 5.91. The van der Waals surface area contributed by atoms with Gasteiger partial charge in [-0.1, -0.05) is 12.1 Å². The minimum Gasteiger partial charge on any atom is -0.496 e. The number of methoxy groups -OCH3 is 1. The van der Waals surface area contributed by atoms with Gasteiger partial charge in [0.1, 0.15) is 22.9 Å². The predicted octanol–water partition coefficient (Wildman–Crippen LogP) is 3.09. The molecule has 1 amide bonds. The van der Waals surface area contributed by atoms with Crippen molar-refractivity contribution in [3.05, 3.63) is 64.7 Å². The zero-order valence-corrected chi connectivity index (χ0v) is 14.0. The summed E-state index contributed by atoms with van der Waals surface area (Å²) >= 11 is 0. The molecule has 0 spiro atoms. The van der Waals surface area contributed by atoms with Crippen molar-refractivity contribution in [3.8, 4) is 5.75 Å². The van der Waals surface area contributed by atoms with Crippen molar-refractivity contribution in [1.29, 1.82) is 0 Å². The topological polar surface area (TPSA) is 75.6 Å². The molecule has 3 rings (SSSR count). The van der Waals surface area contributed by atoms with Crippen LogP contribution in [0.5, 0.6) is 5.75 Å². The van der Waals surface area contributed by atoms with E-state index in [0.717, 1.165) is 0 Å². The lowest BCUT2D eigenvalue weighted by Gasteiger charge is -2.09. The molecule has 0 bridgehead atoms. The molecule has 0 heterocycles. The lowest BCUT2D eigenvalue weighted by atomic mass is 10.1. The average Bonchev–Trinajstić information content (AvgIpc) is 3.39. The van der Waals surface area contributed by atoms with E-state index < -0.39 is 29.4 Å². The first kappa shape index (κ1) is 17.8. The van der Waals surface area contributed by atoms with E-state index in [1.54, 1.807) is 6.07 Å². The molecule has 2 aromatic rings. The molecule has 7 heteroatoms. The molecule has 0 radical (unpaired) electrons. The second kappa shape index (κ2) is 7.11. The van der Waals surface area contributed by atoms with Crippen LogP contribution in [0.3, 0.4) is 0 Å². The number of carbonyl (C=O) groups excluding carboxylic acids is 1. The summed E-state index contributed by atoms with van der Waals surface area (Å²) in [7, 11) is 1.36. The van der Waals surface area contributed by atoms with Crippen LogP contribution in [-0.4, -0.2) is 24.1 Å². The molecular weight excluding hydrogens is 344 g/mol. The number of amides is 1. The molecule has 2 atom stereocenters. The largest absolute Gasteiger partial charge is 0.496 e. The van der Waals surface area contributed by atoms with Crippen molar-refractivity contribution in [2.45, 2.75) is 18.9 Å². The van der Waals surface area contributed by atoms with Crippen LogP contribution < -0.4 is 10.1 Å². The quantitative estimate of drug-likeness (QED) is 0.829. The summed E-state index contributed by atoms with van der Waals surface area (Å²) in [5, 5.41) is 11.8. The Hall–Kier alpha value is -2.96. The number of benzene rings is 2. The van der Waals surface area contributed by atoms with E-state index in [0.29, 0.717) is 12.0 Å². The van der Waals surface area contributed by atoms with Gasteiger partial charge in [-0.2, -0.15) is 0 Å². The van der Waals surface area contributed by atoms with E-state index in [1.165, 1.54) is 37.4 Å². The Kier molecular flexibility index (Phi) is 4.88. The molecule has 0 aliphatic heterocycles. The first-order valence-electron chi connectivity index (χ1n) is 8.04. The number of ether oxygens (including phenoxy) is 1. The van der Waals surface area contributed by atoms with Gasteiger partial charge in [0.15, 0.2) is 0 Å². The monoisotopic (exact) mass is 361 g/mol. The zero-order valence-electron chi connectivity index (χ0n) is 14.0. The lowest BCUT2D eigenvalue weighted by molar-refractivity contribution is -0.122. The van der Waals surface area contributed by atoms with Crippen molar-refractivity contribution in [3.63, 3.8) is 0 Å². The number of hydrogen-bond donors (Lipinski definition) is 2. The zero-order chi connectivity index (χ0) is 18.8. The molecule has 1 aliphatic rings. The summed E-state index contributed by atoms with van der Waals surface area (Å²) < 4.78 is 32.6. The van der Waals surface area contributed by atoms with Crippen molar-refractivity contribution < 1.29 is 28.2 Å². The molecule has 5 nitrogen and oxygen atoms in total. The van der Waals surface area contributed by atoms with E-state index in [-0.39, 0.29) is 29.3 Å². The number of halogens is 2. The van der Waals surface area contributed by atoms with Gasteiger partial charge in [0.05, 0.1) is 7.11 Å². The van der Waals surface area contributed by atoms with Gasteiger partial charge in [-0.05, 0) is 36.2 Å². The number of carbonyl (C=O) groups is 2.